The van der Waals surface area contributed by atoms with Crippen molar-refractivity contribution in [1.29, 1.82) is 0 Å². The van der Waals surface area contributed by atoms with Gasteiger partial charge in [-0.25, -0.2) is 0 Å². The highest BCUT2D eigenvalue weighted by molar-refractivity contribution is 5.23. The maximum Gasteiger partial charge on any atom is 0.0888 e. The molecule has 2 heterocycles. The number of hydrogen-bond donors (Lipinski definition) is 0. The molecule has 0 aromatic carbocycles. The molecule has 0 spiro atoms. The van der Waals surface area contributed by atoms with E-state index < -0.39 is 0 Å². The van der Waals surface area contributed by atoms with Crippen LogP contribution in [0.4, 0.5) is 0 Å². The summed E-state index contributed by atoms with van der Waals surface area (Å²) in [6.07, 6.45) is 0. The summed E-state index contributed by atoms with van der Waals surface area (Å²) in [6.45, 7) is 10.6. The van der Waals surface area contributed by atoms with Gasteiger partial charge >= 0.3 is 0 Å². The van der Waals surface area contributed by atoms with Crippen LogP contribution in [0.15, 0.2) is 0 Å². The van der Waals surface area contributed by atoms with E-state index in [1.54, 1.807) is 0 Å². The van der Waals surface area contributed by atoms with E-state index in [1.807, 2.05) is 25.5 Å². The van der Waals surface area contributed by atoms with Gasteiger partial charge in [0.1, 0.15) is 0 Å². The lowest BCUT2D eigenvalue weighted by atomic mass is 10.2. The quantitative estimate of drug-likeness (QED) is 0.614. The number of ether oxygens (including phenoxy) is 1. The van der Waals surface area contributed by atoms with Crippen LogP contribution in [0.5, 0.6) is 0 Å². The van der Waals surface area contributed by atoms with E-state index in [-0.39, 0.29) is 0 Å². The smallest absolute Gasteiger partial charge is 0.0888 e. The summed E-state index contributed by atoms with van der Waals surface area (Å²) in [4.78, 5) is 0. The molecule has 74 valence electrons. The second-order valence-corrected chi connectivity index (χ2v) is 2.93. The molecule has 0 saturated heterocycles. The maximum atomic E-state index is 5.33. The lowest BCUT2D eigenvalue weighted by Crippen LogP contribution is -2.17. The third kappa shape index (κ3) is 1.91. The lowest BCUT2D eigenvalue weighted by molar-refractivity contribution is 0.0796. The maximum absolute atomic E-state index is 5.33. The second kappa shape index (κ2) is 4.42. The van der Waals surface area contributed by atoms with Crippen LogP contribution in [0, 0.1) is 13.8 Å². The predicted octanol–water partition coefficient (Wildman–Crippen LogP) is 2.06. The Balaban J connectivity index is 0.000000396. The predicted molar refractivity (Wildman–Crippen MR) is 52.7 cm³/mol. The van der Waals surface area contributed by atoms with E-state index in [2.05, 4.69) is 12.0 Å². The van der Waals surface area contributed by atoms with Crippen LogP contribution >= 0.6 is 0 Å². The van der Waals surface area contributed by atoms with Gasteiger partial charge in [0.25, 0.3) is 0 Å². The molecule has 1 aliphatic heterocycles. The SMILES string of the molecule is CC.Cc1nn2c(c1C)COCC2. The van der Waals surface area contributed by atoms with Crippen LogP contribution < -0.4 is 0 Å². The van der Waals surface area contributed by atoms with Gasteiger partial charge in [0.05, 0.1) is 31.1 Å². The van der Waals surface area contributed by atoms with E-state index in [4.69, 9.17) is 4.74 Å². The van der Waals surface area contributed by atoms with Gasteiger partial charge in [-0.05, 0) is 19.4 Å². The molecular weight excluding hydrogens is 164 g/mol. The summed E-state index contributed by atoms with van der Waals surface area (Å²) in [5.41, 5.74) is 3.66. The van der Waals surface area contributed by atoms with Crippen molar-refractivity contribution in [3.05, 3.63) is 17.0 Å². The molecule has 0 fully saturated rings. The van der Waals surface area contributed by atoms with Gasteiger partial charge in [0, 0.05) is 0 Å². The monoisotopic (exact) mass is 182 g/mol. The minimum Gasteiger partial charge on any atom is -0.373 e. The molecule has 3 nitrogen and oxygen atoms in total. The number of fused-ring (bicyclic) bond motifs is 1. The largest absolute Gasteiger partial charge is 0.373 e. The molecule has 1 aliphatic rings. The Kier molecular flexibility index (Phi) is 3.48. The number of aryl methyl sites for hydroxylation is 1. The van der Waals surface area contributed by atoms with Crippen molar-refractivity contribution in [2.24, 2.45) is 0 Å². The summed E-state index contributed by atoms with van der Waals surface area (Å²) in [5, 5.41) is 4.39. The van der Waals surface area contributed by atoms with Gasteiger partial charge in [0.15, 0.2) is 0 Å². The Labute approximate surface area is 79.7 Å². The molecule has 0 bridgehead atoms. The van der Waals surface area contributed by atoms with Crippen LogP contribution in [0.25, 0.3) is 0 Å². The molecule has 1 aromatic heterocycles. The van der Waals surface area contributed by atoms with E-state index in [0.29, 0.717) is 0 Å². The summed E-state index contributed by atoms with van der Waals surface area (Å²) < 4.78 is 7.38. The molecule has 0 atom stereocenters. The first-order chi connectivity index (χ1) is 6.29. The Hall–Kier alpha value is -0.830. The Bertz CT molecular complexity index is 279. The van der Waals surface area contributed by atoms with E-state index >= 15 is 0 Å². The van der Waals surface area contributed by atoms with Crippen molar-refractivity contribution < 1.29 is 4.74 Å². The van der Waals surface area contributed by atoms with Crippen molar-refractivity contribution in [1.82, 2.24) is 9.78 Å². The minimum atomic E-state index is 0.729. The van der Waals surface area contributed by atoms with E-state index in [9.17, 15) is 0 Å². The minimum absolute atomic E-state index is 0.729. The first-order valence-corrected chi connectivity index (χ1v) is 4.89. The fourth-order valence-corrected chi connectivity index (χ4v) is 1.41. The molecular formula is C10H18N2O. The normalized spacial score (nSPS) is 14.5. The summed E-state index contributed by atoms with van der Waals surface area (Å²) in [5.74, 6) is 0. The van der Waals surface area contributed by atoms with Gasteiger partial charge in [-0.15, -0.1) is 0 Å². The lowest BCUT2D eigenvalue weighted by Gasteiger charge is -2.14. The molecule has 3 heteroatoms. The van der Waals surface area contributed by atoms with Crippen molar-refractivity contribution in [2.75, 3.05) is 6.61 Å². The first-order valence-electron chi connectivity index (χ1n) is 4.89. The highest BCUT2D eigenvalue weighted by atomic mass is 16.5. The fraction of sp³-hybridized carbons (Fsp3) is 0.700. The molecule has 0 saturated carbocycles. The van der Waals surface area contributed by atoms with Gasteiger partial charge in [0.2, 0.25) is 0 Å². The molecule has 2 rings (SSSR count). The second-order valence-electron chi connectivity index (χ2n) is 2.93. The Morgan fingerprint density at radius 1 is 1.31 bits per heavy atom. The highest BCUT2D eigenvalue weighted by Gasteiger charge is 2.14. The number of hydrogen-bond acceptors (Lipinski definition) is 2. The topological polar surface area (TPSA) is 27.1 Å². The molecule has 0 amide bonds. The molecule has 0 radical (unpaired) electrons. The van der Waals surface area contributed by atoms with Gasteiger partial charge in [-0.2, -0.15) is 5.10 Å². The van der Waals surface area contributed by atoms with Crippen molar-refractivity contribution in [2.45, 2.75) is 40.8 Å². The third-order valence-corrected chi connectivity index (χ3v) is 2.24. The summed E-state index contributed by atoms with van der Waals surface area (Å²) >= 11 is 0. The third-order valence-electron chi connectivity index (χ3n) is 2.24. The zero-order valence-corrected chi connectivity index (χ0v) is 8.92. The fourth-order valence-electron chi connectivity index (χ4n) is 1.41. The van der Waals surface area contributed by atoms with E-state index in [1.165, 1.54) is 11.3 Å². The van der Waals surface area contributed by atoms with Crippen LogP contribution in [0.2, 0.25) is 0 Å². The van der Waals surface area contributed by atoms with Crippen LogP contribution in [-0.2, 0) is 17.9 Å². The number of rotatable bonds is 0. The molecule has 0 N–H and O–H groups in total. The molecule has 0 unspecified atom stereocenters. The number of nitrogens with zero attached hydrogens (tertiary/aromatic N) is 2. The van der Waals surface area contributed by atoms with Crippen molar-refractivity contribution >= 4 is 0 Å². The molecule has 1 aromatic rings. The zero-order chi connectivity index (χ0) is 9.84. The van der Waals surface area contributed by atoms with Crippen molar-refractivity contribution in [3.8, 4) is 0 Å². The Morgan fingerprint density at radius 2 is 2.00 bits per heavy atom. The van der Waals surface area contributed by atoms with Gasteiger partial charge < -0.3 is 4.74 Å². The van der Waals surface area contributed by atoms with Gasteiger partial charge in [-0.1, -0.05) is 13.8 Å². The average molecular weight is 182 g/mol. The van der Waals surface area contributed by atoms with E-state index in [0.717, 1.165) is 25.5 Å². The number of aromatic nitrogens is 2. The van der Waals surface area contributed by atoms with Crippen molar-refractivity contribution in [3.63, 3.8) is 0 Å². The molecule has 0 aliphatic carbocycles. The Morgan fingerprint density at radius 3 is 2.62 bits per heavy atom. The average Bonchev–Trinajstić information content (AvgIpc) is 2.47. The molecule has 13 heavy (non-hydrogen) atoms. The standard InChI is InChI=1S/C8H12N2O.C2H6/c1-6-7(2)9-10-3-4-11-5-8(6)10;1-2/h3-5H2,1-2H3;1-2H3. The summed E-state index contributed by atoms with van der Waals surface area (Å²) in [6, 6.07) is 0. The highest BCUT2D eigenvalue weighted by Crippen LogP contribution is 2.16. The van der Waals surface area contributed by atoms with Crippen LogP contribution in [0.3, 0.4) is 0 Å². The van der Waals surface area contributed by atoms with Crippen LogP contribution in [0.1, 0.15) is 30.8 Å². The van der Waals surface area contributed by atoms with Crippen LogP contribution in [-0.4, -0.2) is 16.4 Å². The zero-order valence-electron chi connectivity index (χ0n) is 8.92. The van der Waals surface area contributed by atoms with Gasteiger partial charge in [-0.3, -0.25) is 4.68 Å². The first kappa shape index (κ1) is 10.3. The summed E-state index contributed by atoms with van der Waals surface area (Å²) in [7, 11) is 0.